The first kappa shape index (κ1) is 17.8. The standard InChI is InChI=1S/C19H22O5/c1-3-19(20)24-12-10-21-9-11-23-18-8-6-15-13-17(22-4-2)7-5-16(15)14-18/h3,5-8,13-14H,1,4,9-12H2,2H3. The lowest BCUT2D eigenvalue weighted by Gasteiger charge is -2.09. The Labute approximate surface area is 141 Å². The molecule has 2 rings (SSSR count). The Kier molecular flexibility index (Phi) is 7.11. The maximum Gasteiger partial charge on any atom is 0.330 e. The van der Waals surface area contributed by atoms with Gasteiger partial charge >= 0.3 is 5.97 Å². The third kappa shape index (κ3) is 5.59. The van der Waals surface area contributed by atoms with Gasteiger partial charge in [-0.1, -0.05) is 18.7 Å². The Morgan fingerprint density at radius 1 is 0.958 bits per heavy atom. The second kappa shape index (κ2) is 9.57. The van der Waals surface area contributed by atoms with Crippen LogP contribution in [0.3, 0.4) is 0 Å². The maximum atomic E-state index is 10.8. The number of hydrogen-bond donors (Lipinski definition) is 0. The number of rotatable bonds is 10. The van der Waals surface area contributed by atoms with Crippen LogP contribution in [-0.4, -0.2) is 39.0 Å². The molecule has 0 spiro atoms. The number of hydrogen-bond acceptors (Lipinski definition) is 5. The van der Waals surface area contributed by atoms with E-state index < -0.39 is 5.97 Å². The minimum absolute atomic E-state index is 0.211. The van der Waals surface area contributed by atoms with Gasteiger partial charge in [0.25, 0.3) is 0 Å². The van der Waals surface area contributed by atoms with Gasteiger partial charge in [-0.05, 0) is 42.0 Å². The molecule has 5 nitrogen and oxygen atoms in total. The Hall–Kier alpha value is -2.53. The minimum Gasteiger partial charge on any atom is -0.494 e. The molecule has 0 radical (unpaired) electrons. The van der Waals surface area contributed by atoms with Gasteiger partial charge in [-0.15, -0.1) is 0 Å². The zero-order valence-corrected chi connectivity index (χ0v) is 13.8. The number of ether oxygens (including phenoxy) is 4. The normalized spacial score (nSPS) is 10.4. The van der Waals surface area contributed by atoms with Crippen LogP contribution in [0.1, 0.15) is 6.92 Å². The lowest BCUT2D eigenvalue weighted by atomic mass is 10.1. The SMILES string of the molecule is C=CC(=O)OCCOCCOc1ccc2cc(OCC)ccc2c1. The molecule has 0 amide bonds. The van der Waals surface area contributed by atoms with Crippen LogP contribution in [0.5, 0.6) is 11.5 Å². The van der Waals surface area contributed by atoms with Crippen molar-refractivity contribution in [3.8, 4) is 11.5 Å². The molecule has 0 heterocycles. The third-order valence-electron chi connectivity index (χ3n) is 3.23. The third-order valence-corrected chi connectivity index (χ3v) is 3.23. The number of fused-ring (bicyclic) bond motifs is 1. The first-order valence-corrected chi connectivity index (χ1v) is 7.89. The molecular formula is C19H22O5. The fourth-order valence-corrected chi connectivity index (χ4v) is 2.13. The second-order valence-electron chi connectivity index (χ2n) is 4.94. The molecule has 0 bridgehead atoms. The average molecular weight is 330 g/mol. The highest BCUT2D eigenvalue weighted by Crippen LogP contribution is 2.25. The zero-order chi connectivity index (χ0) is 17.2. The van der Waals surface area contributed by atoms with Crippen LogP contribution >= 0.6 is 0 Å². The molecule has 0 unspecified atom stereocenters. The Morgan fingerprint density at radius 3 is 2.21 bits per heavy atom. The topological polar surface area (TPSA) is 54.0 Å². The van der Waals surface area contributed by atoms with E-state index >= 15 is 0 Å². The summed E-state index contributed by atoms with van der Waals surface area (Å²) in [4.78, 5) is 10.8. The van der Waals surface area contributed by atoms with Crippen molar-refractivity contribution in [1.82, 2.24) is 0 Å². The molecular weight excluding hydrogens is 308 g/mol. The van der Waals surface area contributed by atoms with Crippen molar-refractivity contribution < 1.29 is 23.7 Å². The lowest BCUT2D eigenvalue weighted by molar-refractivity contribution is -0.139. The molecule has 2 aromatic carbocycles. The number of benzene rings is 2. The quantitative estimate of drug-likeness (QED) is 0.380. The molecule has 0 aliphatic carbocycles. The van der Waals surface area contributed by atoms with Crippen LogP contribution in [0.4, 0.5) is 0 Å². The first-order chi connectivity index (χ1) is 11.7. The van der Waals surface area contributed by atoms with E-state index in [2.05, 4.69) is 6.58 Å². The van der Waals surface area contributed by atoms with E-state index in [9.17, 15) is 4.79 Å². The van der Waals surface area contributed by atoms with Crippen LogP contribution in [-0.2, 0) is 14.3 Å². The summed E-state index contributed by atoms with van der Waals surface area (Å²) in [5, 5.41) is 2.20. The fraction of sp³-hybridized carbons (Fsp3) is 0.316. The number of esters is 1. The largest absolute Gasteiger partial charge is 0.494 e. The van der Waals surface area contributed by atoms with E-state index in [-0.39, 0.29) is 6.61 Å². The number of carbonyl (C=O) groups is 1. The molecule has 0 saturated heterocycles. The van der Waals surface area contributed by atoms with Gasteiger partial charge < -0.3 is 18.9 Å². The minimum atomic E-state index is -0.446. The van der Waals surface area contributed by atoms with Crippen molar-refractivity contribution in [2.75, 3.05) is 33.0 Å². The van der Waals surface area contributed by atoms with Gasteiger partial charge in [-0.25, -0.2) is 4.79 Å². The number of carbonyl (C=O) groups excluding carboxylic acids is 1. The molecule has 0 aromatic heterocycles. The Bertz CT molecular complexity index is 681. The van der Waals surface area contributed by atoms with E-state index in [1.807, 2.05) is 43.3 Å². The summed E-state index contributed by atoms with van der Waals surface area (Å²) < 4.78 is 21.3. The van der Waals surface area contributed by atoms with Gasteiger partial charge in [0.05, 0.1) is 19.8 Å². The summed E-state index contributed by atoms with van der Waals surface area (Å²) in [6.07, 6.45) is 1.13. The van der Waals surface area contributed by atoms with Crippen LogP contribution in [0.2, 0.25) is 0 Å². The summed E-state index contributed by atoms with van der Waals surface area (Å²) in [6.45, 7) is 7.33. The zero-order valence-electron chi connectivity index (χ0n) is 13.8. The first-order valence-electron chi connectivity index (χ1n) is 7.89. The van der Waals surface area contributed by atoms with Gasteiger partial charge in [0.15, 0.2) is 0 Å². The van der Waals surface area contributed by atoms with E-state index in [0.29, 0.717) is 26.4 Å². The molecule has 5 heteroatoms. The van der Waals surface area contributed by atoms with Gasteiger partial charge in [0, 0.05) is 6.08 Å². The van der Waals surface area contributed by atoms with Gasteiger partial charge in [0.2, 0.25) is 0 Å². The summed E-state index contributed by atoms with van der Waals surface area (Å²) >= 11 is 0. The highest BCUT2D eigenvalue weighted by Gasteiger charge is 2.01. The van der Waals surface area contributed by atoms with E-state index in [0.717, 1.165) is 28.3 Å². The molecule has 0 aliphatic rings. The molecule has 0 fully saturated rings. The summed E-state index contributed by atoms with van der Waals surface area (Å²) in [5.41, 5.74) is 0. The fourth-order valence-electron chi connectivity index (χ4n) is 2.13. The van der Waals surface area contributed by atoms with Crippen molar-refractivity contribution in [3.05, 3.63) is 49.1 Å². The summed E-state index contributed by atoms with van der Waals surface area (Å²) in [5.74, 6) is 1.20. The van der Waals surface area contributed by atoms with E-state index in [4.69, 9.17) is 18.9 Å². The lowest BCUT2D eigenvalue weighted by Crippen LogP contribution is -2.12. The van der Waals surface area contributed by atoms with E-state index in [1.54, 1.807) is 0 Å². The molecule has 0 atom stereocenters. The van der Waals surface area contributed by atoms with Crippen LogP contribution < -0.4 is 9.47 Å². The molecule has 0 saturated carbocycles. The summed E-state index contributed by atoms with van der Waals surface area (Å²) in [6, 6.07) is 11.9. The molecule has 0 aliphatic heterocycles. The second-order valence-corrected chi connectivity index (χ2v) is 4.94. The Balaban J connectivity index is 1.74. The average Bonchev–Trinajstić information content (AvgIpc) is 2.61. The molecule has 24 heavy (non-hydrogen) atoms. The maximum absolute atomic E-state index is 10.8. The Morgan fingerprint density at radius 2 is 1.58 bits per heavy atom. The summed E-state index contributed by atoms with van der Waals surface area (Å²) in [7, 11) is 0. The van der Waals surface area contributed by atoms with Crippen LogP contribution in [0, 0.1) is 0 Å². The monoisotopic (exact) mass is 330 g/mol. The van der Waals surface area contributed by atoms with Gasteiger partial charge in [-0.2, -0.15) is 0 Å². The van der Waals surface area contributed by atoms with E-state index in [1.165, 1.54) is 0 Å². The predicted molar refractivity (Wildman–Crippen MR) is 92.6 cm³/mol. The van der Waals surface area contributed by atoms with Gasteiger partial charge in [0.1, 0.15) is 24.7 Å². The van der Waals surface area contributed by atoms with Crippen LogP contribution in [0.15, 0.2) is 49.1 Å². The van der Waals surface area contributed by atoms with Crippen molar-refractivity contribution >= 4 is 16.7 Å². The van der Waals surface area contributed by atoms with Crippen molar-refractivity contribution in [3.63, 3.8) is 0 Å². The molecule has 128 valence electrons. The smallest absolute Gasteiger partial charge is 0.330 e. The highest BCUT2D eigenvalue weighted by molar-refractivity contribution is 5.85. The molecule has 0 N–H and O–H groups in total. The van der Waals surface area contributed by atoms with Gasteiger partial charge in [-0.3, -0.25) is 0 Å². The highest BCUT2D eigenvalue weighted by atomic mass is 16.6. The van der Waals surface area contributed by atoms with Crippen LogP contribution in [0.25, 0.3) is 10.8 Å². The van der Waals surface area contributed by atoms with Crippen molar-refractivity contribution in [2.24, 2.45) is 0 Å². The molecule has 2 aromatic rings. The van der Waals surface area contributed by atoms with Crippen molar-refractivity contribution in [2.45, 2.75) is 6.92 Å². The predicted octanol–water partition coefficient (Wildman–Crippen LogP) is 3.36. The van der Waals surface area contributed by atoms with Crippen molar-refractivity contribution in [1.29, 1.82) is 0 Å².